The Balaban J connectivity index is 1.68. The van der Waals surface area contributed by atoms with Crippen LogP contribution in [0, 0.1) is 5.92 Å². The number of rotatable bonds is 2. The van der Waals surface area contributed by atoms with Gasteiger partial charge in [0, 0.05) is 12.6 Å². The average molecular weight is 284 g/mol. The first-order valence-corrected chi connectivity index (χ1v) is 8.81. The Labute approximate surface area is 113 Å². The fourth-order valence-electron chi connectivity index (χ4n) is 3.05. The topological polar surface area (TPSA) is 72.2 Å². The molecule has 1 N–H and O–H groups in total. The quantitative estimate of drug-likeness (QED) is 0.882. The van der Waals surface area contributed by atoms with E-state index in [2.05, 4.69) is 4.98 Å². The van der Waals surface area contributed by atoms with Crippen LogP contribution in [0.4, 0.5) is 0 Å². The molecule has 3 heterocycles. The van der Waals surface area contributed by atoms with Gasteiger partial charge < -0.3 is 9.67 Å². The highest BCUT2D eigenvalue weighted by Crippen LogP contribution is 2.26. The third-order valence-corrected chi connectivity index (χ3v) is 5.93. The third-order valence-electron chi connectivity index (χ3n) is 4.21. The van der Waals surface area contributed by atoms with Gasteiger partial charge in [0.1, 0.15) is 21.9 Å². The maximum atomic E-state index is 11.4. The number of imidazole rings is 1. The normalized spacial score (nSPS) is 27.1. The first-order valence-electron chi connectivity index (χ1n) is 6.98. The fourth-order valence-corrected chi connectivity index (χ4v) is 4.64. The minimum absolute atomic E-state index is 0.313. The molecular weight excluding hydrogens is 264 g/mol. The van der Waals surface area contributed by atoms with Gasteiger partial charge >= 0.3 is 0 Å². The van der Waals surface area contributed by atoms with Crippen molar-refractivity contribution in [3.63, 3.8) is 0 Å². The molecule has 0 amide bonds. The average Bonchev–Trinajstić information content (AvgIpc) is 2.76. The molecule has 0 spiro atoms. The number of aliphatic hydroxyl groups is 1. The first kappa shape index (κ1) is 13.1. The minimum Gasteiger partial charge on any atom is -0.373 e. The van der Waals surface area contributed by atoms with Crippen LogP contribution >= 0.6 is 0 Å². The number of aliphatic hydroxyl groups excluding tert-OH is 1. The van der Waals surface area contributed by atoms with Gasteiger partial charge in [-0.1, -0.05) is 0 Å². The van der Waals surface area contributed by atoms with E-state index < -0.39 is 16.1 Å². The highest BCUT2D eigenvalue weighted by molar-refractivity contribution is 7.91. The second kappa shape index (κ2) is 4.90. The van der Waals surface area contributed by atoms with Gasteiger partial charge in [-0.05, 0) is 38.0 Å². The Morgan fingerprint density at radius 1 is 1.32 bits per heavy atom. The molecule has 0 saturated carbocycles. The summed E-state index contributed by atoms with van der Waals surface area (Å²) < 4.78 is 24.7. The van der Waals surface area contributed by atoms with Gasteiger partial charge in [0.25, 0.3) is 0 Å². The maximum Gasteiger partial charge on any atom is 0.150 e. The van der Waals surface area contributed by atoms with Crippen LogP contribution in [-0.4, -0.2) is 34.6 Å². The molecule has 1 aromatic heterocycles. The standard InChI is InChI=1S/C13H20N2O3S/c16-13-3-1-2-12-14-11(9-15(12)13)8-10-4-6-19(17,18)7-5-10/h9-10,13,16H,1-8H2. The number of hydrogen-bond acceptors (Lipinski definition) is 4. The molecule has 1 fully saturated rings. The van der Waals surface area contributed by atoms with Gasteiger partial charge in [-0.2, -0.15) is 0 Å². The summed E-state index contributed by atoms with van der Waals surface area (Å²) in [5, 5.41) is 9.89. The maximum absolute atomic E-state index is 11.4. The molecule has 6 heteroatoms. The van der Waals surface area contributed by atoms with Crippen molar-refractivity contribution in [1.82, 2.24) is 9.55 Å². The number of nitrogens with zero attached hydrogens (tertiary/aromatic N) is 2. The van der Waals surface area contributed by atoms with Crippen LogP contribution in [0.5, 0.6) is 0 Å². The van der Waals surface area contributed by atoms with E-state index in [9.17, 15) is 13.5 Å². The van der Waals surface area contributed by atoms with E-state index in [1.807, 2.05) is 10.8 Å². The molecule has 1 atom stereocenters. The Bertz CT molecular complexity index is 550. The van der Waals surface area contributed by atoms with E-state index in [1.165, 1.54) is 0 Å². The highest BCUT2D eigenvalue weighted by atomic mass is 32.2. The van der Waals surface area contributed by atoms with Crippen LogP contribution in [-0.2, 0) is 22.7 Å². The van der Waals surface area contributed by atoms with Crippen LogP contribution < -0.4 is 0 Å². The molecule has 0 aliphatic carbocycles. The third kappa shape index (κ3) is 2.84. The largest absolute Gasteiger partial charge is 0.373 e. The molecule has 3 rings (SSSR count). The summed E-state index contributed by atoms with van der Waals surface area (Å²) >= 11 is 0. The van der Waals surface area contributed by atoms with Crippen LogP contribution in [0.25, 0.3) is 0 Å². The van der Waals surface area contributed by atoms with Gasteiger partial charge in [-0.25, -0.2) is 13.4 Å². The van der Waals surface area contributed by atoms with E-state index in [-0.39, 0.29) is 0 Å². The van der Waals surface area contributed by atoms with Gasteiger partial charge in [-0.3, -0.25) is 0 Å². The molecule has 1 aromatic rings. The monoisotopic (exact) mass is 284 g/mol. The number of hydrogen-bond donors (Lipinski definition) is 1. The zero-order chi connectivity index (χ0) is 13.5. The van der Waals surface area contributed by atoms with E-state index in [0.717, 1.165) is 50.0 Å². The van der Waals surface area contributed by atoms with E-state index >= 15 is 0 Å². The Hall–Kier alpha value is -0.880. The van der Waals surface area contributed by atoms with E-state index in [1.54, 1.807) is 0 Å². The molecule has 0 bridgehead atoms. The summed E-state index contributed by atoms with van der Waals surface area (Å²) in [5.74, 6) is 2.01. The lowest BCUT2D eigenvalue weighted by atomic mass is 9.97. The first-order chi connectivity index (χ1) is 9.03. The lowest BCUT2D eigenvalue weighted by molar-refractivity contribution is 0.0780. The summed E-state index contributed by atoms with van der Waals surface area (Å²) in [4.78, 5) is 4.59. The second-order valence-corrected chi connectivity index (χ2v) is 8.03. The van der Waals surface area contributed by atoms with Crippen molar-refractivity contribution in [2.75, 3.05) is 11.5 Å². The molecule has 1 saturated heterocycles. The molecule has 0 radical (unpaired) electrons. The molecule has 106 valence electrons. The van der Waals surface area contributed by atoms with Crippen molar-refractivity contribution in [3.8, 4) is 0 Å². The summed E-state index contributed by atoms with van der Waals surface area (Å²) in [6, 6.07) is 0. The van der Waals surface area contributed by atoms with E-state index in [0.29, 0.717) is 17.4 Å². The van der Waals surface area contributed by atoms with Crippen molar-refractivity contribution in [2.24, 2.45) is 5.92 Å². The molecule has 2 aliphatic heterocycles. The fraction of sp³-hybridized carbons (Fsp3) is 0.769. The zero-order valence-corrected chi connectivity index (χ0v) is 11.8. The van der Waals surface area contributed by atoms with Crippen molar-refractivity contribution >= 4 is 9.84 Å². The molecule has 1 unspecified atom stereocenters. The Morgan fingerprint density at radius 2 is 2.05 bits per heavy atom. The molecule has 2 aliphatic rings. The smallest absolute Gasteiger partial charge is 0.150 e. The lowest BCUT2D eigenvalue weighted by Crippen LogP contribution is -2.24. The number of aryl methyl sites for hydroxylation is 1. The summed E-state index contributed by atoms with van der Waals surface area (Å²) in [6.45, 7) is 0. The number of sulfone groups is 1. The van der Waals surface area contributed by atoms with Crippen molar-refractivity contribution in [3.05, 3.63) is 17.7 Å². The molecule has 0 aromatic carbocycles. The Morgan fingerprint density at radius 3 is 2.74 bits per heavy atom. The van der Waals surface area contributed by atoms with Gasteiger partial charge in [-0.15, -0.1) is 0 Å². The summed E-state index contributed by atoms with van der Waals surface area (Å²) in [7, 11) is -2.78. The van der Waals surface area contributed by atoms with Crippen LogP contribution in [0.3, 0.4) is 0 Å². The SMILES string of the molecule is O=S1(=O)CCC(Cc2cn3c(n2)CCCC3O)CC1. The number of fused-ring (bicyclic) bond motifs is 1. The van der Waals surface area contributed by atoms with Crippen LogP contribution in [0.1, 0.15) is 43.4 Å². The molecular formula is C13H20N2O3S. The van der Waals surface area contributed by atoms with Crippen molar-refractivity contribution < 1.29 is 13.5 Å². The molecule has 5 nitrogen and oxygen atoms in total. The second-order valence-electron chi connectivity index (χ2n) is 5.73. The van der Waals surface area contributed by atoms with Gasteiger partial charge in [0.05, 0.1) is 17.2 Å². The minimum atomic E-state index is -2.78. The molecule has 19 heavy (non-hydrogen) atoms. The van der Waals surface area contributed by atoms with Crippen molar-refractivity contribution in [1.29, 1.82) is 0 Å². The highest BCUT2D eigenvalue weighted by Gasteiger charge is 2.25. The number of aromatic nitrogens is 2. The Kier molecular flexibility index (Phi) is 3.39. The summed E-state index contributed by atoms with van der Waals surface area (Å²) in [6.07, 6.45) is 6.54. The van der Waals surface area contributed by atoms with Crippen LogP contribution in [0.15, 0.2) is 6.20 Å². The predicted octanol–water partition coefficient (Wildman–Crippen LogP) is 1.08. The van der Waals surface area contributed by atoms with Crippen LogP contribution in [0.2, 0.25) is 0 Å². The predicted molar refractivity (Wildman–Crippen MR) is 71.5 cm³/mol. The summed E-state index contributed by atoms with van der Waals surface area (Å²) in [5.41, 5.74) is 1.00. The van der Waals surface area contributed by atoms with Gasteiger partial charge in [0.15, 0.2) is 0 Å². The lowest BCUT2D eigenvalue weighted by Gasteiger charge is -2.20. The zero-order valence-electron chi connectivity index (χ0n) is 11.0. The van der Waals surface area contributed by atoms with E-state index in [4.69, 9.17) is 0 Å². The van der Waals surface area contributed by atoms with Gasteiger partial charge in [0.2, 0.25) is 0 Å². The van der Waals surface area contributed by atoms with Crippen molar-refractivity contribution in [2.45, 2.75) is 44.8 Å².